The molecule has 4 rings (SSSR count). The molecule has 1 aromatic heterocycles. The first-order chi connectivity index (χ1) is 12.6. The number of hydrogen-bond acceptors (Lipinski definition) is 3. The molecule has 1 aromatic carbocycles. The van der Waals surface area contributed by atoms with Crippen LogP contribution in [0.3, 0.4) is 0 Å². The van der Waals surface area contributed by atoms with Gasteiger partial charge in [0.05, 0.1) is 17.9 Å². The molecule has 2 aliphatic rings. The van der Waals surface area contributed by atoms with Gasteiger partial charge < -0.3 is 15.6 Å². The van der Waals surface area contributed by atoms with Crippen molar-refractivity contribution in [2.24, 2.45) is 11.7 Å². The Morgan fingerprint density at radius 3 is 2.61 bits per heavy atom. The van der Waals surface area contributed by atoms with E-state index in [-0.39, 0.29) is 42.8 Å². The van der Waals surface area contributed by atoms with Gasteiger partial charge in [0.2, 0.25) is 5.91 Å². The molecule has 0 spiro atoms. The summed E-state index contributed by atoms with van der Waals surface area (Å²) in [5.74, 6) is 1.43. The lowest BCUT2D eigenvalue weighted by Gasteiger charge is -2.25. The van der Waals surface area contributed by atoms with Gasteiger partial charge in [0, 0.05) is 24.0 Å². The van der Waals surface area contributed by atoms with Crippen LogP contribution >= 0.6 is 36.4 Å². The molecule has 8 heteroatoms. The van der Waals surface area contributed by atoms with Crippen LogP contribution in [0.4, 0.5) is 0 Å². The third-order valence-corrected chi connectivity index (χ3v) is 6.05. The fourth-order valence-corrected chi connectivity index (χ4v) is 4.42. The van der Waals surface area contributed by atoms with Crippen molar-refractivity contribution in [1.29, 1.82) is 0 Å². The fraction of sp³-hybridized carbons (Fsp3) is 0.500. The van der Waals surface area contributed by atoms with Crippen LogP contribution in [0, 0.1) is 5.92 Å². The van der Waals surface area contributed by atoms with Crippen LogP contribution < -0.4 is 5.73 Å². The van der Waals surface area contributed by atoms with Crippen LogP contribution in [0.2, 0.25) is 5.02 Å². The number of carbonyl (C=O) groups excluding carboxylic acids is 1. The van der Waals surface area contributed by atoms with Crippen molar-refractivity contribution < 1.29 is 4.79 Å². The normalized spacial score (nSPS) is 23.9. The second-order valence-electron chi connectivity index (χ2n) is 7.49. The van der Waals surface area contributed by atoms with E-state index < -0.39 is 0 Å². The number of rotatable bonds is 4. The zero-order chi connectivity index (χ0) is 18.1. The summed E-state index contributed by atoms with van der Waals surface area (Å²) in [6.45, 7) is 0.808. The van der Waals surface area contributed by atoms with Gasteiger partial charge in [-0.3, -0.25) is 4.79 Å². The van der Waals surface area contributed by atoms with Crippen molar-refractivity contribution in [3.05, 3.63) is 41.3 Å². The molecular formula is C20H27Cl3N4O. The number of hydrogen-bond donors (Lipinski definition) is 2. The van der Waals surface area contributed by atoms with Gasteiger partial charge in [-0.2, -0.15) is 0 Å². The average Bonchev–Trinajstić information content (AvgIpc) is 3.36. The standard InChI is InChI=1S/C20H25ClN4O.2ClH/c21-15-8-6-13(7-9-15)17-12-23-20(24-17)18-5-2-10-25(18)19(26)11-14-3-1-4-16(14)22;;/h6-9,12,14,16,18H,1-5,10-11,22H2,(H,23,24);2*1H/t14-,16+,18?;;/m0../s1. The third kappa shape index (κ3) is 4.82. The zero-order valence-electron chi connectivity index (χ0n) is 15.6. The van der Waals surface area contributed by atoms with Gasteiger partial charge >= 0.3 is 0 Å². The van der Waals surface area contributed by atoms with Crippen LogP contribution in [-0.2, 0) is 4.79 Å². The van der Waals surface area contributed by atoms with Crippen molar-refractivity contribution in [2.45, 2.75) is 50.6 Å². The van der Waals surface area contributed by atoms with Crippen LogP contribution in [0.5, 0.6) is 0 Å². The van der Waals surface area contributed by atoms with E-state index in [2.05, 4.69) is 9.97 Å². The summed E-state index contributed by atoms with van der Waals surface area (Å²) in [6.07, 6.45) is 7.65. The highest BCUT2D eigenvalue weighted by Gasteiger charge is 2.34. The van der Waals surface area contributed by atoms with Crippen molar-refractivity contribution in [3.8, 4) is 11.3 Å². The largest absolute Gasteiger partial charge is 0.340 e. The number of benzene rings is 1. The maximum Gasteiger partial charge on any atom is 0.223 e. The quantitative estimate of drug-likeness (QED) is 0.713. The van der Waals surface area contributed by atoms with Crippen LogP contribution in [-0.4, -0.2) is 33.4 Å². The predicted octanol–water partition coefficient (Wildman–Crippen LogP) is 4.75. The minimum Gasteiger partial charge on any atom is -0.340 e. The van der Waals surface area contributed by atoms with Crippen LogP contribution in [0.1, 0.15) is 50.4 Å². The van der Waals surface area contributed by atoms with Gasteiger partial charge in [-0.15, -0.1) is 24.8 Å². The molecule has 0 radical (unpaired) electrons. The van der Waals surface area contributed by atoms with E-state index >= 15 is 0 Å². The first kappa shape index (κ1) is 23.0. The molecule has 2 fully saturated rings. The van der Waals surface area contributed by atoms with E-state index in [1.165, 1.54) is 0 Å². The maximum atomic E-state index is 12.9. The van der Waals surface area contributed by atoms with E-state index in [9.17, 15) is 4.79 Å². The number of carbonyl (C=O) groups is 1. The molecule has 1 amide bonds. The lowest BCUT2D eigenvalue weighted by Crippen LogP contribution is -2.35. The number of nitrogens with one attached hydrogen (secondary N) is 1. The van der Waals surface area contributed by atoms with Crippen LogP contribution in [0.15, 0.2) is 30.5 Å². The molecule has 1 aliphatic carbocycles. The number of halogens is 3. The molecule has 2 heterocycles. The Balaban J connectivity index is 0.00000140. The molecule has 2 aromatic rings. The monoisotopic (exact) mass is 444 g/mol. The summed E-state index contributed by atoms with van der Waals surface area (Å²) in [5.41, 5.74) is 8.15. The molecule has 28 heavy (non-hydrogen) atoms. The van der Waals surface area contributed by atoms with Gasteiger partial charge in [-0.1, -0.05) is 30.2 Å². The van der Waals surface area contributed by atoms with Gasteiger partial charge in [0.15, 0.2) is 0 Å². The number of likely N-dealkylation sites (tertiary alicyclic amines) is 1. The Hall–Kier alpha value is -1.27. The molecule has 1 saturated heterocycles. The van der Waals surface area contributed by atoms with E-state index in [1.807, 2.05) is 35.4 Å². The lowest BCUT2D eigenvalue weighted by atomic mass is 9.99. The highest BCUT2D eigenvalue weighted by Crippen LogP contribution is 2.34. The van der Waals surface area contributed by atoms with Gasteiger partial charge in [0.1, 0.15) is 5.82 Å². The van der Waals surface area contributed by atoms with Gasteiger partial charge in [0.25, 0.3) is 0 Å². The topological polar surface area (TPSA) is 75.0 Å². The minimum atomic E-state index is 0. The Kier molecular flexibility index (Phi) is 8.19. The zero-order valence-corrected chi connectivity index (χ0v) is 18.0. The predicted molar refractivity (Wildman–Crippen MR) is 117 cm³/mol. The molecule has 1 saturated carbocycles. The molecular weight excluding hydrogens is 419 g/mol. The molecule has 0 bridgehead atoms. The minimum absolute atomic E-state index is 0. The van der Waals surface area contributed by atoms with Gasteiger partial charge in [-0.25, -0.2) is 4.98 Å². The molecule has 154 valence electrons. The van der Waals surface area contributed by atoms with Gasteiger partial charge in [-0.05, 0) is 49.3 Å². The summed E-state index contributed by atoms with van der Waals surface area (Å²) in [5, 5.41) is 0.714. The second-order valence-corrected chi connectivity index (χ2v) is 7.93. The average molecular weight is 446 g/mol. The summed E-state index contributed by atoms with van der Waals surface area (Å²) in [6, 6.07) is 7.90. The van der Waals surface area contributed by atoms with Crippen molar-refractivity contribution in [3.63, 3.8) is 0 Å². The first-order valence-corrected chi connectivity index (χ1v) is 9.85. The van der Waals surface area contributed by atoms with Crippen LogP contribution in [0.25, 0.3) is 11.3 Å². The van der Waals surface area contributed by atoms with Crippen molar-refractivity contribution >= 4 is 42.3 Å². The summed E-state index contributed by atoms with van der Waals surface area (Å²) in [7, 11) is 0. The number of nitrogens with two attached hydrogens (primary N) is 1. The number of amides is 1. The van der Waals surface area contributed by atoms with Crippen molar-refractivity contribution in [1.82, 2.24) is 14.9 Å². The SMILES string of the molecule is Cl.Cl.N[C@@H]1CCC[C@H]1CC(=O)N1CCCC1c1ncc(-c2ccc(Cl)cc2)[nH]1. The number of nitrogens with zero attached hydrogens (tertiary/aromatic N) is 2. The number of aromatic amines is 1. The maximum absolute atomic E-state index is 12.9. The first-order valence-electron chi connectivity index (χ1n) is 9.47. The highest BCUT2D eigenvalue weighted by molar-refractivity contribution is 6.30. The van der Waals surface area contributed by atoms with E-state index in [0.29, 0.717) is 17.4 Å². The molecule has 3 N–H and O–H groups in total. The Morgan fingerprint density at radius 2 is 1.93 bits per heavy atom. The summed E-state index contributed by atoms with van der Waals surface area (Å²) >= 11 is 5.96. The molecule has 1 unspecified atom stereocenters. The summed E-state index contributed by atoms with van der Waals surface area (Å²) < 4.78 is 0. The smallest absolute Gasteiger partial charge is 0.223 e. The Labute approximate surface area is 183 Å². The Morgan fingerprint density at radius 1 is 1.18 bits per heavy atom. The highest BCUT2D eigenvalue weighted by atomic mass is 35.5. The summed E-state index contributed by atoms with van der Waals surface area (Å²) in [4.78, 5) is 22.8. The number of aromatic nitrogens is 2. The lowest BCUT2D eigenvalue weighted by molar-refractivity contribution is -0.133. The number of imidazole rings is 1. The van der Waals surface area contributed by atoms with E-state index in [0.717, 1.165) is 55.7 Å². The third-order valence-electron chi connectivity index (χ3n) is 5.79. The fourth-order valence-electron chi connectivity index (χ4n) is 4.29. The molecule has 1 aliphatic heterocycles. The Bertz CT molecular complexity index is 780. The molecule has 3 atom stereocenters. The van der Waals surface area contributed by atoms with Crippen molar-refractivity contribution in [2.75, 3.05) is 6.54 Å². The van der Waals surface area contributed by atoms with E-state index in [1.54, 1.807) is 0 Å². The van der Waals surface area contributed by atoms with E-state index in [4.69, 9.17) is 17.3 Å². The molecule has 5 nitrogen and oxygen atoms in total. The second kappa shape index (κ2) is 9.97. The number of H-pyrrole nitrogens is 1.